The van der Waals surface area contributed by atoms with Gasteiger partial charge in [-0.2, -0.15) is 11.8 Å². The predicted molar refractivity (Wildman–Crippen MR) is 64.1 cm³/mol. The molecule has 2 N–H and O–H groups in total. The van der Waals surface area contributed by atoms with Gasteiger partial charge >= 0.3 is 0 Å². The van der Waals surface area contributed by atoms with Gasteiger partial charge in [0.15, 0.2) is 0 Å². The molecule has 1 saturated heterocycles. The summed E-state index contributed by atoms with van der Waals surface area (Å²) in [4.78, 5) is 11.4. The Hall–Kier alpha value is -0.220. The Balaban J connectivity index is 1.47. The van der Waals surface area contributed by atoms with Crippen molar-refractivity contribution in [3.05, 3.63) is 0 Å². The van der Waals surface area contributed by atoms with Gasteiger partial charge < -0.3 is 10.6 Å². The number of hydrogen-bond donors (Lipinski definition) is 2. The molecule has 2 fully saturated rings. The molecule has 1 unspecified atom stereocenters. The minimum atomic E-state index is 0.156. The first kappa shape index (κ1) is 11.3. The summed E-state index contributed by atoms with van der Waals surface area (Å²) >= 11 is 1.99. The van der Waals surface area contributed by atoms with Crippen LogP contribution in [-0.2, 0) is 4.79 Å². The molecule has 1 heterocycles. The summed E-state index contributed by atoms with van der Waals surface area (Å²) in [5, 5.41) is 6.86. The van der Waals surface area contributed by atoms with E-state index in [-0.39, 0.29) is 5.91 Å². The maximum absolute atomic E-state index is 11.4. The van der Waals surface area contributed by atoms with Crippen LogP contribution in [0.1, 0.15) is 25.7 Å². The minimum absolute atomic E-state index is 0.156. The first-order chi connectivity index (χ1) is 7.34. The van der Waals surface area contributed by atoms with Crippen molar-refractivity contribution in [3.8, 4) is 0 Å². The fraction of sp³-hybridized carbons (Fsp3) is 0.909. The first-order valence-corrected chi connectivity index (χ1v) is 6.98. The van der Waals surface area contributed by atoms with Crippen molar-refractivity contribution < 1.29 is 4.79 Å². The molecule has 1 amide bonds. The largest absolute Gasteiger partial charge is 0.354 e. The van der Waals surface area contributed by atoms with Gasteiger partial charge in [-0.15, -0.1) is 0 Å². The van der Waals surface area contributed by atoms with Gasteiger partial charge in [0.2, 0.25) is 5.91 Å². The van der Waals surface area contributed by atoms with E-state index in [0.717, 1.165) is 19.0 Å². The van der Waals surface area contributed by atoms with E-state index in [1.807, 2.05) is 11.8 Å². The van der Waals surface area contributed by atoms with Crippen LogP contribution < -0.4 is 10.6 Å². The molecule has 3 nitrogen and oxygen atoms in total. The molecule has 0 radical (unpaired) electrons. The number of hydrogen-bond acceptors (Lipinski definition) is 3. The van der Waals surface area contributed by atoms with Crippen LogP contribution in [0.25, 0.3) is 0 Å². The summed E-state index contributed by atoms with van der Waals surface area (Å²) in [6.45, 7) is 2.37. The number of amides is 1. The van der Waals surface area contributed by atoms with Crippen LogP contribution in [0.2, 0.25) is 0 Å². The molecule has 1 saturated carbocycles. The lowest BCUT2D eigenvalue weighted by molar-refractivity contribution is -0.120. The van der Waals surface area contributed by atoms with E-state index in [0.29, 0.717) is 11.8 Å². The maximum atomic E-state index is 11.4. The highest BCUT2D eigenvalue weighted by molar-refractivity contribution is 8.00. The Morgan fingerprint density at radius 2 is 2.13 bits per heavy atom. The second-order valence-electron chi connectivity index (χ2n) is 4.51. The molecule has 0 aromatic rings. The summed E-state index contributed by atoms with van der Waals surface area (Å²) in [5.41, 5.74) is 0. The van der Waals surface area contributed by atoms with Gasteiger partial charge in [0.05, 0.1) is 6.54 Å². The van der Waals surface area contributed by atoms with Crippen molar-refractivity contribution in [2.45, 2.75) is 30.9 Å². The van der Waals surface area contributed by atoms with Gasteiger partial charge in [0.25, 0.3) is 0 Å². The van der Waals surface area contributed by atoms with Crippen LogP contribution in [-0.4, -0.2) is 36.5 Å². The molecule has 86 valence electrons. The molecule has 0 aromatic carbocycles. The number of thioether (sulfide) groups is 1. The van der Waals surface area contributed by atoms with E-state index >= 15 is 0 Å². The molecular weight excluding hydrogens is 208 g/mol. The third-order valence-electron chi connectivity index (χ3n) is 2.97. The van der Waals surface area contributed by atoms with Crippen LogP contribution >= 0.6 is 11.8 Å². The molecule has 0 aromatic heterocycles. The number of rotatable bonds is 6. The highest BCUT2D eigenvalue weighted by Gasteiger charge is 2.20. The Morgan fingerprint density at radius 1 is 1.27 bits per heavy atom. The van der Waals surface area contributed by atoms with Crippen LogP contribution in [0.3, 0.4) is 0 Å². The van der Waals surface area contributed by atoms with Crippen LogP contribution in [0.5, 0.6) is 0 Å². The van der Waals surface area contributed by atoms with Crippen LogP contribution in [0.4, 0.5) is 0 Å². The second kappa shape index (κ2) is 5.75. The van der Waals surface area contributed by atoms with Crippen LogP contribution in [0.15, 0.2) is 0 Å². The van der Waals surface area contributed by atoms with Crippen molar-refractivity contribution >= 4 is 17.7 Å². The Bertz CT molecular complexity index is 213. The van der Waals surface area contributed by atoms with E-state index < -0.39 is 0 Å². The molecule has 2 aliphatic rings. The quantitative estimate of drug-likeness (QED) is 0.712. The molecule has 0 spiro atoms. The first-order valence-electron chi connectivity index (χ1n) is 5.93. The van der Waals surface area contributed by atoms with Crippen molar-refractivity contribution in [1.29, 1.82) is 0 Å². The molecule has 2 rings (SSSR count). The van der Waals surface area contributed by atoms with E-state index in [2.05, 4.69) is 10.6 Å². The standard InChI is InChI=1S/C11H20N2OS/c14-11(8-12-6-9-3-4-9)13-7-10-2-1-5-15-10/h9-10,12H,1-8H2,(H,13,14). The van der Waals surface area contributed by atoms with Gasteiger partial charge in [-0.1, -0.05) is 0 Å². The third-order valence-corrected chi connectivity index (χ3v) is 4.36. The van der Waals surface area contributed by atoms with Gasteiger partial charge in [-0.05, 0) is 43.9 Å². The predicted octanol–water partition coefficient (Wildman–Crippen LogP) is 0.998. The van der Waals surface area contributed by atoms with Crippen molar-refractivity contribution in [1.82, 2.24) is 10.6 Å². The second-order valence-corrected chi connectivity index (χ2v) is 5.92. The van der Waals surface area contributed by atoms with Crippen molar-refractivity contribution in [2.75, 3.05) is 25.4 Å². The molecule has 1 atom stereocenters. The normalized spacial score (nSPS) is 25.5. The lowest BCUT2D eigenvalue weighted by atomic mass is 10.2. The van der Waals surface area contributed by atoms with E-state index in [1.54, 1.807) is 0 Å². The lowest BCUT2D eigenvalue weighted by Crippen LogP contribution is -2.37. The smallest absolute Gasteiger partial charge is 0.233 e. The fourth-order valence-corrected chi connectivity index (χ4v) is 3.01. The van der Waals surface area contributed by atoms with Crippen molar-refractivity contribution in [2.24, 2.45) is 5.92 Å². The molecule has 1 aliphatic heterocycles. The van der Waals surface area contributed by atoms with Gasteiger partial charge in [-0.3, -0.25) is 4.79 Å². The topological polar surface area (TPSA) is 41.1 Å². The molecule has 15 heavy (non-hydrogen) atoms. The van der Waals surface area contributed by atoms with Crippen LogP contribution in [0, 0.1) is 5.92 Å². The Kier molecular flexibility index (Phi) is 4.32. The summed E-state index contributed by atoms with van der Waals surface area (Å²) in [5.74, 6) is 2.27. The summed E-state index contributed by atoms with van der Waals surface area (Å²) in [6.07, 6.45) is 5.26. The SMILES string of the molecule is O=C(CNCC1CC1)NCC1CCCS1. The Labute approximate surface area is 95.8 Å². The molecule has 0 bridgehead atoms. The van der Waals surface area contributed by atoms with Crippen molar-refractivity contribution in [3.63, 3.8) is 0 Å². The van der Waals surface area contributed by atoms with Gasteiger partial charge in [0.1, 0.15) is 0 Å². The number of nitrogens with one attached hydrogen (secondary N) is 2. The number of carbonyl (C=O) groups excluding carboxylic acids is 1. The zero-order valence-corrected chi connectivity index (χ0v) is 9.94. The molecule has 1 aliphatic carbocycles. The summed E-state index contributed by atoms with van der Waals surface area (Å²) in [6, 6.07) is 0. The molecular formula is C11H20N2OS. The van der Waals surface area contributed by atoms with E-state index in [1.165, 1.54) is 31.4 Å². The van der Waals surface area contributed by atoms with Gasteiger partial charge in [0, 0.05) is 11.8 Å². The minimum Gasteiger partial charge on any atom is -0.354 e. The average molecular weight is 228 g/mol. The lowest BCUT2D eigenvalue weighted by Gasteiger charge is -2.10. The fourth-order valence-electron chi connectivity index (χ4n) is 1.81. The monoisotopic (exact) mass is 228 g/mol. The zero-order chi connectivity index (χ0) is 10.5. The highest BCUT2D eigenvalue weighted by Crippen LogP contribution is 2.27. The average Bonchev–Trinajstić information content (AvgIpc) is 2.91. The van der Waals surface area contributed by atoms with E-state index in [4.69, 9.17) is 0 Å². The Morgan fingerprint density at radius 3 is 2.80 bits per heavy atom. The molecule has 4 heteroatoms. The van der Waals surface area contributed by atoms with Gasteiger partial charge in [-0.25, -0.2) is 0 Å². The zero-order valence-electron chi connectivity index (χ0n) is 9.13. The third kappa shape index (κ3) is 4.43. The summed E-state index contributed by atoms with van der Waals surface area (Å²) in [7, 11) is 0. The van der Waals surface area contributed by atoms with E-state index in [9.17, 15) is 4.79 Å². The highest BCUT2D eigenvalue weighted by atomic mass is 32.2. The maximum Gasteiger partial charge on any atom is 0.233 e. The summed E-state index contributed by atoms with van der Waals surface area (Å²) < 4.78 is 0. The number of carbonyl (C=O) groups is 1.